The highest BCUT2D eigenvalue weighted by Crippen LogP contribution is 2.34. The predicted molar refractivity (Wildman–Crippen MR) is 62.9 cm³/mol. The van der Waals surface area contributed by atoms with Gasteiger partial charge in [-0.15, -0.1) is 0 Å². The number of benzene rings is 1. The molecule has 0 bridgehead atoms. The number of nitrogens with zero attached hydrogens (tertiary/aromatic N) is 3. The minimum Gasteiger partial charge on any atom is -0.216 e. The van der Waals surface area contributed by atoms with E-state index in [1.807, 2.05) is 6.07 Å². The van der Waals surface area contributed by atoms with Crippen LogP contribution in [0.1, 0.15) is 5.56 Å². The van der Waals surface area contributed by atoms with Crippen molar-refractivity contribution in [2.75, 3.05) is 0 Å². The van der Waals surface area contributed by atoms with Crippen molar-refractivity contribution in [3.05, 3.63) is 34.6 Å². The van der Waals surface area contributed by atoms with Crippen LogP contribution in [-0.4, -0.2) is 9.36 Å². The summed E-state index contributed by atoms with van der Waals surface area (Å²) >= 11 is 6.30. The van der Waals surface area contributed by atoms with Crippen molar-refractivity contribution in [3.63, 3.8) is 0 Å². The zero-order valence-electron chi connectivity index (χ0n) is 7.35. The Morgan fingerprint density at radius 1 is 1.47 bits per heavy atom. The molecule has 1 aromatic heterocycles. The molecule has 0 atom stereocenters. The predicted octanol–water partition coefficient (Wildman–Crippen LogP) is 3.32. The zero-order chi connectivity index (χ0) is 10.7. The van der Waals surface area contributed by atoms with E-state index in [4.69, 9.17) is 5.26 Å². The highest BCUT2D eigenvalue weighted by molar-refractivity contribution is 9.10. The third-order valence-electron chi connectivity index (χ3n) is 1.60. The average molecular weight is 298 g/mol. The Bertz CT molecular complexity index is 505. The summed E-state index contributed by atoms with van der Waals surface area (Å²) in [5.74, 6) is 0. The van der Waals surface area contributed by atoms with E-state index in [9.17, 15) is 0 Å². The topological polar surface area (TPSA) is 49.6 Å². The molecular weight excluding hydrogens is 294 g/mol. The molecule has 0 aliphatic carbocycles. The monoisotopic (exact) mass is 297 g/mol. The van der Waals surface area contributed by atoms with Crippen LogP contribution in [0.4, 0.5) is 0 Å². The molecule has 0 saturated carbocycles. The summed E-state index contributed by atoms with van der Waals surface area (Å²) in [6.07, 6.45) is 1.53. The molecule has 3 nitrogen and oxygen atoms in total. The van der Waals surface area contributed by atoms with Gasteiger partial charge in [-0.2, -0.15) is 9.64 Å². The number of aromatic nitrogens is 2. The number of halogens is 1. The molecule has 0 amide bonds. The molecule has 74 valence electrons. The third kappa shape index (κ3) is 2.56. The molecule has 1 aromatic carbocycles. The Labute approximate surface area is 103 Å². The molecular formula is C9H4BrN3S2. The molecule has 0 aliphatic heterocycles. The molecule has 15 heavy (non-hydrogen) atoms. The van der Waals surface area contributed by atoms with E-state index in [1.54, 1.807) is 12.1 Å². The van der Waals surface area contributed by atoms with Gasteiger partial charge in [0, 0.05) is 9.37 Å². The van der Waals surface area contributed by atoms with Crippen LogP contribution in [0.3, 0.4) is 0 Å². The second kappa shape index (κ2) is 4.75. The lowest BCUT2D eigenvalue weighted by atomic mass is 10.2. The van der Waals surface area contributed by atoms with Crippen LogP contribution in [-0.2, 0) is 0 Å². The van der Waals surface area contributed by atoms with Gasteiger partial charge in [0.15, 0.2) is 4.34 Å². The lowest BCUT2D eigenvalue weighted by Gasteiger charge is -2.00. The molecule has 0 radical (unpaired) electrons. The van der Waals surface area contributed by atoms with Crippen LogP contribution in [0.15, 0.2) is 38.2 Å². The molecule has 1 heterocycles. The van der Waals surface area contributed by atoms with Crippen LogP contribution >= 0.6 is 39.2 Å². The van der Waals surface area contributed by atoms with Crippen molar-refractivity contribution in [1.82, 2.24) is 9.36 Å². The van der Waals surface area contributed by atoms with Crippen LogP contribution in [0.5, 0.6) is 0 Å². The number of hydrogen-bond donors (Lipinski definition) is 0. The maximum atomic E-state index is 8.71. The van der Waals surface area contributed by atoms with Gasteiger partial charge in [-0.1, -0.05) is 11.8 Å². The van der Waals surface area contributed by atoms with Gasteiger partial charge in [0.25, 0.3) is 0 Å². The molecule has 0 aliphatic rings. The fourth-order valence-corrected chi connectivity index (χ4v) is 2.98. The summed E-state index contributed by atoms with van der Waals surface area (Å²) in [5, 5.41) is 8.71. The summed E-state index contributed by atoms with van der Waals surface area (Å²) in [6.45, 7) is 0. The highest BCUT2D eigenvalue weighted by atomic mass is 79.9. The highest BCUT2D eigenvalue weighted by Gasteiger charge is 2.05. The van der Waals surface area contributed by atoms with Gasteiger partial charge < -0.3 is 0 Å². The summed E-state index contributed by atoms with van der Waals surface area (Å²) in [4.78, 5) is 5.11. The van der Waals surface area contributed by atoms with Gasteiger partial charge in [-0.25, -0.2) is 4.98 Å². The summed E-state index contributed by atoms with van der Waals surface area (Å²) in [6, 6.07) is 7.57. The fraction of sp³-hybridized carbons (Fsp3) is 0. The van der Waals surface area contributed by atoms with Crippen molar-refractivity contribution >= 4 is 39.2 Å². The quantitative estimate of drug-likeness (QED) is 0.853. The van der Waals surface area contributed by atoms with E-state index in [0.717, 1.165) is 13.7 Å². The molecule has 0 unspecified atom stereocenters. The van der Waals surface area contributed by atoms with Gasteiger partial charge in [0.2, 0.25) is 0 Å². The second-order valence-corrected chi connectivity index (χ2v) is 5.49. The van der Waals surface area contributed by atoms with Crippen molar-refractivity contribution < 1.29 is 0 Å². The molecule has 2 rings (SSSR count). The lowest BCUT2D eigenvalue weighted by Crippen LogP contribution is -1.78. The average Bonchev–Trinajstić information content (AvgIpc) is 2.74. The first-order chi connectivity index (χ1) is 7.29. The van der Waals surface area contributed by atoms with E-state index < -0.39 is 0 Å². The summed E-state index contributed by atoms with van der Waals surface area (Å²) in [7, 11) is 0. The first-order valence-corrected chi connectivity index (χ1v) is 6.32. The van der Waals surface area contributed by atoms with Crippen molar-refractivity contribution in [3.8, 4) is 6.07 Å². The van der Waals surface area contributed by atoms with Crippen LogP contribution in [0, 0.1) is 11.3 Å². The van der Waals surface area contributed by atoms with Crippen molar-refractivity contribution in [1.29, 1.82) is 5.26 Å². The van der Waals surface area contributed by atoms with E-state index >= 15 is 0 Å². The van der Waals surface area contributed by atoms with E-state index in [0.29, 0.717) is 5.56 Å². The fourth-order valence-electron chi connectivity index (χ4n) is 0.955. The van der Waals surface area contributed by atoms with Crippen LogP contribution in [0.2, 0.25) is 0 Å². The van der Waals surface area contributed by atoms with Crippen LogP contribution < -0.4 is 0 Å². The molecule has 6 heteroatoms. The Hall–Kier alpha value is -0.900. The van der Waals surface area contributed by atoms with Gasteiger partial charge in [-0.3, -0.25) is 0 Å². The standard InChI is InChI=1S/C9H4BrN3S2/c10-7-3-6(4-11)1-2-8(7)14-9-12-5-13-15-9/h1-3,5H. The Morgan fingerprint density at radius 3 is 2.93 bits per heavy atom. The maximum Gasteiger partial charge on any atom is 0.174 e. The summed E-state index contributed by atoms with van der Waals surface area (Å²) < 4.78 is 5.72. The third-order valence-corrected chi connectivity index (χ3v) is 4.31. The smallest absolute Gasteiger partial charge is 0.174 e. The van der Waals surface area contributed by atoms with E-state index in [2.05, 4.69) is 31.4 Å². The largest absolute Gasteiger partial charge is 0.216 e. The molecule has 0 saturated heterocycles. The van der Waals surface area contributed by atoms with Gasteiger partial charge in [-0.05, 0) is 45.7 Å². The van der Waals surface area contributed by atoms with E-state index in [-0.39, 0.29) is 0 Å². The van der Waals surface area contributed by atoms with Gasteiger partial charge >= 0.3 is 0 Å². The molecule has 2 aromatic rings. The molecule has 0 N–H and O–H groups in total. The van der Waals surface area contributed by atoms with Crippen LogP contribution in [0.25, 0.3) is 0 Å². The number of nitriles is 1. The molecule has 0 spiro atoms. The number of rotatable bonds is 2. The van der Waals surface area contributed by atoms with E-state index in [1.165, 1.54) is 29.6 Å². The Balaban J connectivity index is 2.27. The minimum absolute atomic E-state index is 0.642. The lowest BCUT2D eigenvalue weighted by molar-refractivity contribution is 1.21. The van der Waals surface area contributed by atoms with Crippen molar-refractivity contribution in [2.24, 2.45) is 0 Å². The Morgan fingerprint density at radius 2 is 2.33 bits per heavy atom. The minimum atomic E-state index is 0.642. The first kappa shape index (κ1) is 10.6. The summed E-state index contributed by atoms with van der Waals surface area (Å²) in [5.41, 5.74) is 0.642. The van der Waals surface area contributed by atoms with Crippen molar-refractivity contribution in [2.45, 2.75) is 9.24 Å². The SMILES string of the molecule is N#Cc1ccc(Sc2ncns2)c(Br)c1. The number of hydrogen-bond acceptors (Lipinski definition) is 5. The van der Waals surface area contributed by atoms with Gasteiger partial charge in [0.05, 0.1) is 11.6 Å². The second-order valence-electron chi connectivity index (χ2n) is 2.57. The first-order valence-electron chi connectivity index (χ1n) is 3.94. The normalized spacial score (nSPS) is 9.87. The maximum absolute atomic E-state index is 8.71. The molecule has 0 fully saturated rings. The van der Waals surface area contributed by atoms with Gasteiger partial charge in [0.1, 0.15) is 6.33 Å². The Kier molecular flexibility index (Phi) is 3.36. The zero-order valence-corrected chi connectivity index (χ0v) is 10.6.